The second kappa shape index (κ2) is 7.43. The lowest BCUT2D eigenvalue weighted by Crippen LogP contribution is -2.34. The van der Waals surface area contributed by atoms with Crippen LogP contribution in [0, 0.1) is 12.1 Å². The van der Waals surface area contributed by atoms with Crippen molar-refractivity contribution < 1.29 is 19.1 Å². The maximum Gasteiger partial charge on any atom is 0.252 e. The van der Waals surface area contributed by atoms with Gasteiger partial charge in [-0.15, -0.1) is 11.8 Å². The van der Waals surface area contributed by atoms with Crippen molar-refractivity contribution in [1.82, 2.24) is 10.2 Å². The van der Waals surface area contributed by atoms with Crippen molar-refractivity contribution in [3.05, 3.63) is 65.0 Å². The Morgan fingerprint density at radius 3 is 2.79 bits per heavy atom. The molecule has 0 saturated carbocycles. The van der Waals surface area contributed by atoms with Crippen LogP contribution in [0.5, 0.6) is 5.75 Å². The lowest BCUT2D eigenvalue weighted by Gasteiger charge is -2.26. The molecule has 2 heterocycles. The van der Waals surface area contributed by atoms with Gasteiger partial charge in [-0.2, -0.15) is 0 Å². The van der Waals surface area contributed by atoms with Crippen LogP contribution in [-0.2, 0) is 4.79 Å². The number of benzene rings is 2. The van der Waals surface area contributed by atoms with Gasteiger partial charge < -0.3 is 9.94 Å². The van der Waals surface area contributed by atoms with E-state index in [4.69, 9.17) is 4.74 Å². The molecule has 8 nitrogen and oxygen atoms in total. The van der Waals surface area contributed by atoms with Crippen LogP contribution in [0.3, 0.4) is 0 Å². The molecule has 3 aromatic rings. The van der Waals surface area contributed by atoms with Crippen molar-refractivity contribution in [3.63, 3.8) is 0 Å². The highest BCUT2D eigenvalue weighted by Gasteiger charge is 2.34. The average molecular weight is 398 g/mol. The summed E-state index contributed by atoms with van der Waals surface area (Å²) in [7, 11) is 1.56. The summed E-state index contributed by atoms with van der Waals surface area (Å²) in [5, 5.41) is 16.8. The number of nitrogens with zero attached hydrogens (tertiary/aromatic N) is 3. The van der Waals surface area contributed by atoms with Crippen LogP contribution >= 0.6 is 11.8 Å². The molecule has 4 rings (SSSR count). The fourth-order valence-electron chi connectivity index (χ4n) is 3.03. The van der Waals surface area contributed by atoms with E-state index in [2.05, 4.69) is 15.2 Å². The summed E-state index contributed by atoms with van der Waals surface area (Å²) in [6.45, 7) is 1.63. The van der Waals surface area contributed by atoms with Crippen LogP contribution in [0.1, 0.15) is 16.6 Å². The molecule has 1 amide bonds. The Morgan fingerprint density at radius 2 is 2.11 bits per heavy atom. The zero-order valence-corrected chi connectivity index (χ0v) is 16.1. The molecule has 1 unspecified atom stereocenters. The molecule has 9 heteroatoms. The number of hydrogen-bond donors (Lipinski definition) is 1. The largest absolute Gasteiger partial charge is 0.495 e. The van der Waals surface area contributed by atoms with E-state index in [1.807, 2.05) is 30.3 Å². The molecule has 0 aliphatic carbocycles. The molecule has 1 fully saturated rings. The number of carbonyl (C=O) groups is 1. The molecule has 0 radical (unpaired) electrons. The van der Waals surface area contributed by atoms with E-state index in [1.165, 1.54) is 0 Å². The number of anilines is 1. The predicted molar refractivity (Wildman–Crippen MR) is 104 cm³/mol. The number of nitrogens with one attached hydrogen (secondary N) is 1. The van der Waals surface area contributed by atoms with E-state index < -0.39 is 0 Å². The van der Waals surface area contributed by atoms with E-state index in [1.54, 1.807) is 49.0 Å². The number of ether oxygens (including phenoxy) is 1. The van der Waals surface area contributed by atoms with Crippen molar-refractivity contribution in [2.75, 3.05) is 18.3 Å². The predicted octanol–water partition coefficient (Wildman–Crippen LogP) is 2.89. The van der Waals surface area contributed by atoms with E-state index in [0.717, 1.165) is 5.56 Å². The second-order valence-electron chi connectivity index (χ2n) is 6.23. The first-order chi connectivity index (χ1) is 13.6. The molecule has 1 aliphatic heterocycles. The van der Waals surface area contributed by atoms with Crippen LogP contribution in [0.25, 0.3) is 11.3 Å². The summed E-state index contributed by atoms with van der Waals surface area (Å²) < 4.78 is 10.1. The minimum atomic E-state index is -0.153. The third kappa shape index (κ3) is 3.24. The van der Waals surface area contributed by atoms with Crippen LogP contribution in [0.2, 0.25) is 0 Å². The van der Waals surface area contributed by atoms with Crippen molar-refractivity contribution in [2.24, 2.45) is 0 Å². The Kier molecular flexibility index (Phi) is 4.82. The highest BCUT2D eigenvalue weighted by atomic mass is 32.2. The topological polar surface area (TPSA) is 94.5 Å². The van der Waals surface area contributed by atoms with Gasteiger partial charge in [-0.05, 0) is 28.7 Å². The number of aromatic nitrogens is 2. The molecule has 28 heavy (non-hydrogen) atoms. The Balaban J connectivity index is 1.69. The van der Waals surface area contributed by atoms with Gasteiger partial charge >= 0.3 is 0 Å². The first-order valence-electron chi connectivity index (χ1n) is 8.58. The number of methoxy groups -OCH3 is 1. The average Bonchev–Trinajstić information content (AvgIpc) is 3.25. The molecule has 0 bridgehead atoms. The van der Waals surface area contributed by atoms with Gasteiger partial charge in [-0.3, -0.25) is 14.8 Å². The zero-order chi connectivity index (χ0) is 19.7. The van der Waals surface area contributed by atoms with Crippen LogP contribution in [-0.4, -0.2) is 28.9 Å². The molecule has 1 N–H and O–H groups in total. The monoisotopic (exact) mass is 398 g/mol. The molecule has 144 valence electrons. The van der Waals surface area contributed by atoms with Crippen molar-refractivity contribution in [3.8, 4) is 17.0 Å². The van der Waals surface area contributed by atoms with Crippen LogP contribution in [0.15, 0.2) is 53.2 Å². The first-order valence-corrected chi connectivity index (χ1v) is 9.63. The normalized spacial score (nSPS) is 16.4. The van der Waals surface area contributed by atoms with Crippen molar-refractivity contribution in [1.29, 1.82) is 0 Å². The highest BCUT2D eigenvalue weighted by molar-refractivity contribution is 8.00. The van der Waals surface area contributed by atoms with Gasteiger partial charge in [-0.1, -0.05) is 30.3 Å². The third-order valence-corrected chi connectivity index (χ3v) is 5.70. The van der Waals surface area contributed by atoms with E-state index in [-0.39, 0.29) is 11.3 Å². The van der Waals surface area contributed by atoms with Gasteiger partial charge in [0.1, 0.15) is 11.1 Å². The molecule has 0 spiro atoms. The first kappa shape index (κ1) is 18.2. The standard InChI is InChI=1S/C19H18N4O4S/c1-12-18(21-27-23(12)25)14-8-9-16(26-2)15(10-14)20-22-17(24)11-28-19(22)13-6-4-3-5-7-13/h3-10,19-20H,11H2,1-2H3. The van der Waals surface area contributed by atoms with Gasteiger partial charge in [0, 0.05) is 17.6 Å². The second-order valence-corrected chi connectivity index (χ2v) is 7.30. The molecule has 1 aromatic heterocycles. The number of amides is 1. The van der Waals surface area contributed by atoms with Crippen molar-refractivity contribution >= 4 is 23.4 Å². The lowest BCUT2D eigenvalue weighted by atomic mass is 10.1. The summed E-state index contributed by atoms with van der Waals surface area (Å²) in [4.78, 5) is 12.9. The molecule has 1 saturated heterocycles. The van der Waals surface area contributed by atoms with Gasteiger partial charge in [0.05, 0.1) is 18.6 Å². The smallest absolute Gasteiger partial charge is 0.252 e. The summed E-state index contributed by atoms with van der Waals surface area (Å²) in [6, 6.07) is 15.1. The van der Waals surface area contributed by atoms with Gasteiger partial charge in [0.2, 0.25) is 5.69 Å². The molecular weight excluding hydrogens is 380 g/mol. The maximum atomic E-state index is 12.5. The van der Waals surface area contributed by atoms with E-state index >= 15 is 0 Å². The fourth-order valence-corrected chi connectivity index (χ4v) is 4.14. The number of hydrogen-bond acceptors (Lipinski definition) is 7. The summed E-state index contributed by atoms with van der Waals surface area (Å²) in [5.74, 6) is 0.922. The molecule has 1 aliphatic rings. The van der Waals surface area contributed by atoms with Crippen molar-refractivity contribution in [2.45, 2.75) is 12.3 Å². The SMILES string of the molecule is COc1ccc(-c2no[n+]([O-])c2C)cc1NN1C(=O)CSC1c1ccccc1. The summed E-state index contributed by atoms with van der Waals surface area (Å²) >= 11 is 1.55. The highest BCUT2D eigenvalue weighted by Crippen LogP contribution is 2.40. The fraction of sp³-hybridized carbons (Fsp3) is 0.211. The van der Waals surface area contributed by atoms with Crippen LogP contribution < -0.4 is 15.1 Å². The van der Waals surface area contributed by atoms with E-state index in [0.29, 0.717) is 39.0 Å². The minimum absolute atomic E-state index is 0.0266. The third-order valence-electron chi connectivity index (χ3n) is 4.49. The summed E-state index contributed by atoms with van der Waals surface area (Å²) in [6.07, 6.45) is 0. The number of thioether (sulfide) groups is 1. The summed E-state index contributed by atoms with van der Waals surface area (Å²) in [5.41, 5.74) is 6.27. The maximum absolute atomic E-state index is 12.5. The van der Waals surface area contributed by atoms with Gasteiger partial charge in [0.15, 0.2) is 0 Å². The Bertz CT molecular complexity index is 1010. The van der Waals surface area contributed by atoms with E-state index in [9.17, 15) is 10.0 Å². The minimum Gasteiger partial charge on any atom is -0.495 e. The number of rotatable bonds is 5. The Morgan fingerprint density at radius 1 is 1.32 bits per heavy atom. The Labute approximate surface area is 165 Å². The van der Waals surface area contributed by atoms with Gasteiger partial charge in [0.25, 0.3) is 11.6 Å². The van der Waals surface area contributed by atoms with Gasteiger partial charge in [-0.25, -0.2) is 5.01 Å². The molecular formula is C19H18N4O4S. The molecule has 2 aromatic carbocycles. The Hall–Kier alpha value is -3.20. The number of hydrazine groups is 1. The van der Waals surface area contributed by atoms with Crippen LogP contribution in [0.4, 0.5) is 5.69 Å². The zero-order valence-electron chi connectivity index (χ0n) is 15.3. The quantitative estimate of drug-likeness (QED) is 0.660. The lowest BCUT2D eigenvalue weighted by molar-refractivity contribution is -0.806. The molecule has 1 atom stereocenters. The number of carbonyl (C=O) groups excluding carboxylic acids is 1.